The lowest BCUT2D eigenvalue weighted by Crippen LogP contribution is -2.02. The van der Waals surface area contributed by atoms with Crippen molar-refractivity contribution >= 4 is 16.7 Å². The van der Waals surface area contributed by atoms with E-state index in [9.17, 15) is 8.78 Å². The quantitative estimate of drug-likeness (QED) is 0.768. The zero-order chi connectivity index (χ0) is 15.9. The van der Waals surface area contributed by atoms with Gasteiger partial charge in [0, 0.05) is 11.3 Å². The van der Waals surface area contributed by atoms with Gasteiger partial charge >= 0.3 is 0 Å². The highest BCUT2D eigenvalue weighted by atomic mass is 19.1. The molecule has 112 valence electrons. The van der Waals surface area contributed by atoms with Crippen LogP contribution in [-0.4, -0.2) is 9.97 Å². The Morgan fingerprint density at radius 2 is 1.73 bits per heavy atom. The second kappa shape index (κ2) is 5.33. The second-order valence-electron chi connectivity index (χ2n) is 5.45. The normalized spacial score (nSPS) is 11.3. The van der Waals surface area contributed by atoms with Gasteiger partial charge in [0.1, 0.15) is 11.6 Å². The Bertz CT molecular complexity index is 852. The Labute approximate surface area is 126 Å². The molecule has 0 saturated carbocycles. The number of hydrogen-bond donors (Lipinski definition) is 1. The predicted octanol–water partition coefficient (Wildman–Crippen LogP) is 4.28. The summed E-state index contributed by atoms with van der Waals surface area (Å²) in [4.78, 5) is 8.41. The molecule has 0 unspecified atom stereocenters. The second-order valence-corrected chi connectivity index (χ2v) is 5.45. The zero-order valence-corrected chi connectivity index (χ0v) is 12.3. The molecule has 1 aromatic heterocycles. The number of benzene rings is 2. The number of hydrogen-bond acceptors (Lipinski definition) is 3. The van der Waals surface area contributed by atoms with Gasteiger partial charge in [-0.15, -0.1) is 0 Å². The number of anilines is 1. The Kier molecular flexibility index (Phi) is 3.48. The number of halogens is 2. The van der Waals surface area contributed by atoms with Gasteiger partial charge in [-0.3, -0.25) is 0 Å². The number of nitrogens with two attached hydrogens (primary N) is 1. The van der Waals surface area contributed by atoms with Gasteiger partial charge in [-0.25, -0.2) is 18.7 Å². The van der Waals surface area contributed by atoms with Crippen LogP contribution in [0.2, 0.25) is 0 Å². The van der Waals surface area contributed by atoms with E-state index < -0.39 is 11.6 Å². The van der Waals surface area contributed by atoms with E-state index in [0.717, 1.165) is 5.69 Å². The number of nitrogens with zero attached hydrogens (tertiary/aromatic N) is 2. The monoisotopic (exact) mass is 299 g/mol. The van der Waals surface area contributed by atoms with Crippen molar-refractivity contribution in [2.75, 3.05) is 5.73 Å². The van der Waals surface area contributed by atoms with Gasteiger partial charge in [-0.2, -0.15) is 0 Å². The molecule has 0 bridgehead atoms. The van der Waals surface area contributed by atoms with E-state index in [1.165, 1.54) is 12.1 Å². The van der Waals surface area contributed by atoms with E-state index in [2.05, 4.69) is 9.97 Å². The first kappa shape index (κ1) is 14.4. The van der Waals surface area contributed by atoms with E-state index in [1.807, 2.05) is 13.8 Å². The molecular weight excluding hydrogens is 284 g/mol. The van der Waals surface area contributed by atoms with Crippen LogP contribution in [0.3, 0.4) is 0 Å². The first-order valence-corrected chi connectivity index (χ1v) is 6.99. The highest BCUT2D eigenvalue weighted by Crippen LogP contribution is 2.32. The molecule has 2 N–H and O–H groups in total. The van der Waals surface area contributed by atoms with E-state index in [-0.39, 0.29) is 17.3 Å². The largest absolute Gasteiger partial charge is 0.368 e. The fourth-order valence-corrected chi connectivity index (χ4v) is 2.46. The van der Waals surface area contributed by atoms with Crippen LogP contribution in [0.25, 0.3) is 22.0 Å². The highest BCUT2D eigenvalue weighted by molar-refractivity contribution is 5.96. The molecular formula is C17H15F2N3. The standard InChI is InChI=1S/C17H15F2N3/c1-9(2)14-8-15(22-17(20)21-14)10-6-7-13(19)16-11(10)4-3-5-12(16)18/h3-9H,1-2H3,(H2,20,21,22). The molecule has 0 spiro atoms. The van der Waals surface area contributed by atoms with Crippen molar-refractivity contribution in [3.05, 3.63) is 53.7 Å². The van der Waals surface area contributed by atoms with Crippen LogP contribution in [0.4, 0.5) is 14.7 Å². The molecule has 22 heavy (non-hydrogen) atoms. The molecule has 0 atom stereocenters. The van der Waals surface area contributed by atoms with Gasteiger partial charge in [0.15, 0.2) is 0 Å². The lowest BCUT2D eigenvalue weighted by atomic mass is 9.99. The lowest BCUT2D eigenvalue weighted by Gasteiger charge is -2.11. The summed E-state index contributed by atoms with van der Waals surface area (Å²) in [6.45, 7) is 3.99. The van der Waals surface area contributed by atoms with Gasteiger partial charge in [-0.05, 0) is 35.6 Å². The first-order chi connectivity index (χ1) is 10.5. The van der Waals surface area contributed by atoms with Crippen molar-refractivity contribution in [2.24, 2.45) is 0 Å². The summed E-state index contributed by atoms with van der Waals surface area (Å²) in [6.07, 6.45) is 0. The van der Waals surface area contributed by atoms with Gasteiger partial charge in [-0.1, -0.05) is 26.0 Å². The van der Waals surface area contributed by atoms with Gasteiger partial charge in [0.05, 0.1) is 11.1 Å². The van der Waals surface area contributed by atoms with Crippen LogP contribution < -0.4 is 5.73 Å². The predicted molar refractivity (Wildman–Crippen MR) is 83.4 cm³/mol. The van der Waals surface area contributed by atoms with Crippen molar-refractivity contribution < 1.29 is 8.78 Å². The SMILES string of the molecule is CC(C)c1cc(-c2ccc(F)c3c(F)cccc23)nc(N)n1. The molecule has 1 heterocycles. The van der Waals surface area contributed by atoms with E-state index in [0.29, 0.717) is 16.6 Å². The van der Waals surface area contributed by atoms with Crippen LogP contribution >= 0.6 is 0 Å². The van der Waals surface area contributed by atoms with Crippen LogP contribution in [0.5, 0.6) is 0 Å². The summed E-state index contributed by atoms with van der Waals surface area (Å²) < 4.78 is 27.9. The first-order valence-electron chi connectivity index (χ1n) is 6.99. The number of nitrogen functional groups attached to an aromatic ring is 1. The average Bonchev–Trinajstić information content (AvgIpc) is 2.47. The van der Waals surface area contributed by atoms with Crippen LogP contribution in [0, 0.1) is 11.6 Å². The molecule has 0 aliphatic carbocycles. The van der Waals surface area contributed by atoms with Gasteiger partial charge < -0.3 is 5.73 Å². The molecule has 5 heteroatoms. The average molecular weight is 299 g/mol. The minimum absolute atomic E-state index is 0.0386. The minimum atomic E-state index is -0.594. The topological polar surface area (TPSA) is 51.8 Å². The summed E-state index contributed by atoms with van der Waals surface area (Å²) in [5.74, 6) is -0.867. The number of fused-ring (bicyclic) bond motifs is 1. The van der Waals surface area contributed by atoms with E-state index in [4.69, 9.17) is 5.73 Å². The Balaban J connectivity index is 2.32. The van der Waals surface area contributed by atoms with Crippen molar-refractivity contribution in [2.45, 2.75) is 19.8 Å². The molecule has 3 aromatic rings. The molecule has 0 saturated heterocycles. The molecule has 2 aromatic carbocycles. The van der Waals surface area contributed by atoms with Crippen molar-refractivity contribution in [3.63, 3.8) is 0 Å². The third-order valence-electron chi connectivity index (χ3n) is 3.57. The Morgan fingerprint density at radius 1 is 1.00 bits per heavy atom. The third-order valence-corrected chi connectivity index (χ3v) is 3.57. The maximum absolute atomic E-state index is 13.9. The maximum Gasteiger partial charge on any atom is 0.220 e. The summed E-state index contributed by atoms with van der Waals surface area (Å²) in [6, 6.07) is 9.09. The fourth-order valence-electron chi connectivity index (χ4n) is 2.46. The number of aromatic nitrogens is 2. The summed E-state index contributed by atoms with van der Waals surface area (Å²) >= 11 is 0. The Hall–Kier alpha value is -2.56. The van der Waals surface area contributed by atoms with E-state index in [1.54, 1.807) is 24.3 Å². The minimum Gasteiger partial charge on any atom is -0.368 e. The summed E-state index contributed by atoms with van der Waals surface area (Å²) in [5, 5.41) is 0.427. The highest BCUT2D eigenvalue weighted by Gasteiger charge is 2.14. The zero-order valence-electron chi connectivity index (χ0n) is 12.3. The fraction of sp³-hybridized carbons (Fsp3) is 0.176. The molecule has 0 aliphatic heterocycles. The van der Waals surface area contributed by atoms with Crippen LogP contribution in [-0.2, 0) is 0 Å². The van der Waals surface area contributed by atoms with Crippen molar-refractivity contribution in [1.29, 1.82) is 0 Å². The van der Waals surface area contributed by atoms with Crippen LogP contribution in [0.1, 0.15) is 25.5 Å². The molecule has 0 aliphatic rings. The molecule has 0 radical (unpaired) electrons. The Morgan fingerprint density at radius 3 is 2.45 bits per heavy atom. The number of rotatable bonds is 2. The molecule has 3 nitrogen and oxygen atoms in total. The van der Waals surface area contributed by atoms with Gasteiger partial charge in [0.25, 0.3) is 0 Å². The molecule has 0 fully saturated rings. The summed E-state index contributed by atoms with van der Waals surface area (Å²) in [5.41, 5.74) is 7.75. The summed E-state index contributed by atoms with van der Waals surface area (Å²) in [7, 11) is 0. The van der Waals surface area contributed by atoms with Crippen molar-refractivity contribution in [3.8, 4) is 11.3 Å². The molecule has 3 rings (SSSR count). The lowest BCUT2D eigenvalue weighted by molar-refractivity contribution is 0.608. The van der Waals surface area contributed by atoms with Crippen LogP contribution in [0.15, 0.2) is 36.4 Å². The third kappa shape index (κ3) is 2.39. The van der Waals surface area contributed by atoms with E-state index >= 15 is 0 Å². The van der Waals surface area contributed by atoms with Gasteiger partial charge in [0.2, 0.25) is 5.95 Å². The maximum atomic E-state index is 13.9. The molecule has 0 amide bonds. The smallest absolute Gasteiger partial charge is 0.220 e. The van der Waals surface area contributed by atoms with Crippen molar-refractivity contribution in [1.82, 2.24) is 9.97 Å².